The second-order valence-corrected chi connectivity index (χ2v) is 13.8. The fourth-order valence-corrected chi connectivity index (χ4v) is 8.53. The molecule has 0 unspecified atom stereocenters. The molecule has 6 aromatic carbocycles. The minimum Gasteiger partial charge on any atom is -0.309 e. The Bertz CT molecular complexity index is 3080. The molecule has 0 N–H and O–H groups in total. The SMILES string of the molecule is c1ccc(-c2ccc3sc(-c4nc5c6cccnc6c6ncccc6c5n4-c4ccc(-n5c6ccccc6c6ccccc65)cc4)nc3c2)cc1. The number of aromatic nitrogens is 6. The van der Waals surface area contributed by atoms with Gasteiger partial charge in [-0.15, -0.1) is 11.3 Å². The fraction of sp³-hybridized carbons (Fsp3) is 0. The molecule has 51 heavy (non-hydrogen) atoms. The minimum absolute atomic E-state index is 0.790. The van der Waals surface area contributed by atoms with E-state index in [1.54, 1.807) is 11.3 Å². The highest BCUT2D eigenvalue weighted by Gasteiger charge is 2.23. The van der Waals surface area contributed by atoms with Gasteiger partial charge >= 0.3 is 0 Å². The Morgan fingerprint density at radius 1 is 0.451 bits per heavy atom. The summed E-state index contributed by atoms with van der Waals surface area (Å²) in [6.07, 6.45) is 3.66. The largest absolute Gasteiger partial charge is 0.309 e. The van der Waals surface area contributed by atoms with Crippen molar-refractivity contribution in [3.05, 3.63) is 158 Å². The first-order valence-electron chi connectivity index (χ1n) is 16.9. The summed E-state index contributed by atoms with van der Waals surface area (Å²) in [5, 5.41) is 5.30. The van der Waals surface area contributed by atoms with Crippen LogP contribution in [-0.4, -0.2) is 29.1 Å². The van der Waals surface area contributed by atoms with Gasteiger partial charge in [0.15, 0.2) is 10.8 Å². The first-order valence-corrected chi connectivity index (χ1v) is 17.7. The predicted octanol–water partition coefficient (Wildman–Crippen LogP) is 11.2. The first kappa shape index (κ1) is 28.2. The zero-order valence-corrected chi connectivity index (χ0v) is 27.9. The van der Waals surface area contributed by atoms with Gasteiger partial charge in [-0.3, -0.25) is 14.5 Å². The van der Waals surface area contributed by atoms with Gasteiger partial charge in [0.2, 0.25) is 0 Å². The number of hydrogen-bond donors (Lipinski definition) is 0. The lowest BCUT2D eigenvalue weighted by atomic mass is 10.1. The standard InChI is InChI=1S/C44H26N6S/c1-2-10-27(11-3-1)28-18-23-38-35(26-28)47-44(51-38)43-48-41-33-14-8-24-45-39(33)40-34(15-9-25-46-40)42(41)50(43)30-21-19-29(20-22-30)49-36-16-6-4-12-31(36)32-13-5-7-17-37(32)49/h1-26H. The number of thiazole rings is 1. The van der Waals surface area contributed by atoms with E-state index in [4.69, 9.17) is 19.9 Å². The average Bonchev–Trinajstić information content (AvgIpc) is 3.91. The van der Waals surface area contributed by atoms with Crippen molar-refractivity contribution in [2.45, 2.75) is 0 Å². The molecule has 5 heterocycles. The summed E-state index contributed by atoms with van der Waals surface area (Å²) in [7, 11) is 0. The minimum atomic E-state index is 0.790. The van der Waals surface area contributed by atoms with E-state index < -0.39 is 0 Å². The number of benzene rings is 6. The molecule has 5 aromatic heterocycles. The van der Waals surface area contributed by atoms with Crippen LogP contribution in [0.3, 0.4) is 0 Å². The van der Waals surface area contributed by atoms with Gasteiger partial charge in [0.1, 0.15) is 0 Å². The molecule has 0 amide bonds. The lowest BCUT2D eigenvalue weighted by Crippen LogP contribution is -2.00. The molecule has 0 atom stereocenters. The van der Waals surface area contributed by atoms with Gasteiger partial charge in [-0.25, -0.2) is 9.97 Å². The first-order chi connectivity index (χ1) is 25.3. The van der Waals surface area contributed by atoms with Crippen LogP contribution in [0.15, 0.2) is 158 Å². The summed E-state index contributed by atoms with van der Waals surface area (Å²) < 4.78 is 5.72. The highest BCUT2D eigenvalue weighted by atomic mass is 32.1. The summed E-state index contributed by atoms with van der Waals surface area (Å²) in [4.78, 5) is 20.3. The van der Waals surface area contributed by atoms with E-state index in [-0.39, 0.29) is 0 Å². The molecule has 0 fully saturated rings. The Morgan fingerprint density at radius 2 is 1.06 bits per heavy atom. The van der Waals surface area contributed by atoms with Crippen LogP contribution in [0, 0.1) is 0 Å². The smallest absolute Gasteiger partial charge is 0.175 e. The van der Waals surface area contributed by atoms with Crippen LogP contribution in [-0.2, 0) is 0 Å². The molecule has 238 valence electrons. The van der Waals surface area contributed by atoms with E-state index in [9.17, 15) is 0 Å². The molecule has 0 bridgehead atoms. The highest BCUT2D eigenvalue weighted by Crippen LogP contribution is 2.41. The van der Waals surface area contributed by atoms with Crippen molar-refractivity contribution in [2.24, 2.45) is 0 Å². The van der Waals surface area contributed by atoms with Crippen LogP contribution in [0.25, 0.3) is 98.2 Å². The molecule has 0 spiro atoms. The lowest BCUT2D eigenvalue weighted by molar-refractivity contribution is 1.09. The zero-order chi connectivity index (χ0) is 33.5. The maximum atomic E-state index is 5.41. The van der Waals surface area contributed by atoms with E-state index in [1.165, 1.54) is 27.4 Å². The molecule has 0 saturated heterocycles. The third-order valence-electron chi connectivity index (χ3n) is 9.86. The van der Waals surface area contributed by atoms with E-state index in [2.05, 4.69) is 137 Å². The van der Waals surface area contributed by atoms with Gasteiger partial charge in [-0.05, 0) is 83.9 Å². The quantitative estimate of drug-likeness (QED) is 0.175. The molecule has 11 rings (SSSR count). The van der Waals surface area contributed by atoms with Crippen molar-refractivity contribution in [2.75, 3.05) is 0 Å². The Hall–Kier alpha value is -6.70. The number of nitrogens with zero attached hydrogens (tertiary/aromatic N) is 6. The van der Waals surface area contributed by atoms with Crippen molar-refractivity contribution < 1.29 is 0 Å². The van der Waals surface area contributed by atoms with Gasteiger partial charge in [-0.1, -0.05) is 72.8 Å². The third kappa shape index (κ3) is 4.22. The van der Waals surface area contributed by atoms with E-state index in [1.807, 2.05) is 30.6 Å². The van der Waals surface area contributed by atoms with Crippen LogP contribution in [0.1, 0.15) is 0 Å². The predicted molar refractivity (Wildman–Crippen MR) is 210 cm³/mol. The summed E-state index contributed by atoms with van der Waals surface area (Å²) in [5.41, 5.74) is 11.3. The maximum Gasteiger partial charge on any atom is 0.175 e. The number of hydrogen-bond acceptors (Lipinski definition) is 5. The van der Waals surface area contributed by atoms with Crippen molar-refractivity contribution >= 4 is 76.2 Å². The normalized spacial score (nSPS) is 11.9. The molecule has 0 aliphatic rings. The number of rotatable bonds is 4. The Morgan fingerprint density at radius 3 is 1.78 bits per heavy atom. The van der Waals surface area contributed by atoms with Crippen LogP contribution >= 0.6 is 11.3 Å². The lowest BCUT2D eigenvalue weighted by Gasteiger charge is -2.13. The molecule has 7 heteroatoms. The van der Waals surface area contributed by atoms with Crippen LogP contribution < -0.4 is 0 Å². The number of fused-ring (bicyclic) bond motifs is 10. The molecular formula is C44H26N6S. The second kappa shape index (κ2) is 10.9. The zero-order valence-electron chi connectivity index (χ0n) is 27.1. The monoisotopic (exact) mass is 670 g/mol. The number of pyridine rings is 2. The second-order valence-electron chi connectivity index (χ2n) is 12.7. The van der Waals surface area contributed by atoms with E-state index >= 15 is 0 Å². The van der Waals surface area contributed by atoms with Crippen molar-refractivity contribution in [1.82, 2.24) is 29.1 Å². The summed E-state index contributed by atoms with van der Waals surface area (Å²) in [6.45, 7) is 0. The van der Waals surface area contributed by atoms with E-state index in [0.717, 1.165) is 70.8 Å². The maximum absolute atomic E-state index is 5.41. The van der Waals surface area contributed by atoms with Gasteiger partial charge in [-0.2, -0.15) is 0 Å². The van der Waals surface area contributed by atoms with Crippen molar-refractivity contribution in [1.29, 1.82) is 0 Å². The van der Waals surface area contributed by atoms with E-state index in [0.29, 0.717) is 0 Å². The molecule has 0 saturated carbocycles. The van der Waals surface area contributed by atoms with Crippen LogP contribution in [0.2, 0.25) is 0 Å². The Balaban J connectivity index is 1.17. The number of imidazole rings is 1. The molecule has 0 aliphatic heterocycles. The van der Waals surface area contributed by atoms with Gasteiger partial charge < -0.3 is 4.57 Å². The fourth-order valence-electron chi connectivity index (χ4n) is 7.61. The van der Waals surface area contributed by atoms with Gasteiger partial charge in [0.05, 0.1) is 43.3 Å². The molecular weight excluding hydrogens is 645 g/mol. The van der Waals surface area contributed by atoms with Gasteiger partial charge in [0, 0.05) is 45.3 Å². The summed E-state index contributed by atoms with van der Waals surface area (Å²) in [5.74, 6) is 0.790. The molecule has 0 radical (unpaired) electrons. The van der Waals surface area contributed by atoms with Gasteiger partial charge in [0.25, 0.3) is 0 Å². The summed E-state index contributed by atoms with van der Waals surface area (Å²) >= 11 is 1.66. The molecule has 0 aliphatic carbocycles. The third-order valence-corrected chi connectivity index (χ3v) is 10.9. The van der Waals surface area contributed by atoms with Crippen LogP contribution in [0.5, 0.6) is 0 Å². The molecule has 6 nitrogen and oxygen atoms in total. The van der Waals surface area contributed by atoms with Crippen molar-refractivity contribution in [3.8, 4) is 33.3 Å². The Labute approximate surface area is 295 Å². The Kier molecular flexibility index (Phi) is 6.02. The average molecular weight is 671 g/mol. The van der Waals surface area contributed by atoms with Crippen molar-refractivity contribution in [3.63, 3.8) is 0 Å². The number of para-hydroxylation sites is 2. The molecule has 11 aromatic rings. The van der Waals surface area contributed by atoms with Crippen LogP contribution in [0.4, 0.5) is 0 Å². The highest BCUT2D eigenvalue weighted by molar-refractivity contribution is 7.21. The topological polar surface area (TPSA) is 61.4 Å². The summed E-state index contributed by atoms with van der Waals surface area (Å²) in [6, 6.07) is 51.2.